The van der Waals surface area contributed by atoms with Crippen LogP contribution in [0.1, 0.15) is 31.4 Å². The van der Waals surface area contributed by atoms with Crippen LogP contribution in [0.4, 0.5) is 0 Å². The van der Waals surface area contributed by atoms with Gasteiger partial charge in [0.25, 0.3) is 0 Å². The van der Waals surface area contributed by atoms with E-state index < -0.39 is 0 Å². The number of nitrogens with zero attached hydrogens (tertiary/aromatic N) is 1. The lowest BCUT2D eigenvalue weighted by Crippen LogP contribution is -2.32. The summed E-state index contributed by atoms with van der Waals surface area (Å²) in [6.45, 7) is 4.54. The topological polar surface area (TPSA) is 40.7 Å². The van der Waals surface area contributed by atoms with E-state index in [0.717, 1.165) is 34.8 Å². The molecule has 3 nitrogen and oxygen atoms in total. The average molecular weight is 416 g/mol. The molecule has 2 aromatic heterocycles. The van der Waals surface area contributed by atoms with Gasteiger partial charge in [-0.15, -0.1) is 0 Å². The standard InChI is InChI=1S/C26H26ClN3/c1-17(19-8-5-11-28-14-19)26-25(23-13-22(27)9-10-24(23)30-26)21-12-20(15-29-16-21)18-6-3-2-4-7-18/h2-4,6-7,9-10,12-13,15-17,19,28,30H,5,8,11,14H2,1H3. The Balaban J connectivity index is 1.67. The first-order valence-electron chi connectivity index (χ1n) is 10.7. The first-order valence-corrected chi connectivity index (χ1v) is 11.1. The number of hydrogen-bond acceptors (Lipinski definition) is 2. The molecule has 0 saturated carbocycles. The van der Waals surface area contributed by atoms with Crippen molar-refractivity contribution in [3.05, 3.63) is 77.7 Å². The predicted molar refractivity (Wildman–Crippen MR) is 126 cm³/mol. The molecule has 0 spiro atoms. The van der Waals surface area contributed by atoms with E-state index in [-0.39, 0.29) is 0 Å². The maximum absolute atomic E-state index is 6.40. The molecule has 1 aliphatic rings. The quantitative estimate of drug-likeness (QED) is 0.391. The Labute approximate surface area is 182 Å². The fraction of sp³-hybridized carbons (Fsp3) is 0.269. The summed E-state index contributed by atoms with van der Waals surface area (Å²) in [5.41, 5.74) is 7.09. The minimum Gasteiger partial charge on any atom is -0.358 e. The van der Waals surface area contributed by atoms with Crippen LogP contribution in [0.15, 0.2) is 67.0 Å². The van der Waals surface area contributed by atoms with Crippen LogP contribution in [0.2, 0.25) is 5.02 Å². The monoisotopic (exact) mass is 415 g/mol. The highest BCUT2D eigenvalue weighted by Crippen LogP contribution is 2.41. The van der Waals surface area contributed by atoms with Crippen LogP contribution < -0.4 is 5.32 Å². The number of aromatic amines is 1. The van der Waals surface area contributed by atoms with Crippen molar-refractivity contribution >= 4 is 22.5 Å². The van der Waals surface area contributed by atoms with Crippen molar-refractivity contribution in [2.45, 2.75) is 25.7 Å². The summed E-state index contributed by atoms with van der Waals surface area (Å²) in [5.74, 6) is 1.03. The third kappa shape index (κ3) is 3.64. The van der Waals surface area contributed by atoms with Gasteiger partial charge < -0.3 is 10.3 Å². The van der Waals surface area contributed by atoms with Gasteiger partial charge in [-0.05, 0) is 61.7 Å². The second-order valence-corrected chi connectivity index (χ2v) is 8.76. The number of pyridine rings is 1. The Hall–Kier alpha value is -2.62. The number of piperidine rings is 1. The average Bonchev–Trinajstić information content (AvgIpc) is 3.18. The van der Waals surface area contributed by atoms with Gasteiger partial charge in [-0.25, -0.2) is 0 Å². The number of halogens is 1. The summed E-state index contributed by atoms with van der Waals surface area (Å²) < 4.78 is 0. The van der Waals surface area contributed by atoms with Gasteiger partial charge in [0, 0.05) is 56.6 Å². The fourth-order valence-electron chi connectivity index (χ4n) is 4.74. The van der Waals surface area contributed by atoms with Crippen molar-refractivity contribution in [2.75, 3.05) is 13.1 Å². The molecule has 152 valence electrons. The molecule has 2 N–H and O–H groups in total. The van der Waals surface area contributed by atoms with E-state index in [9.17, 15) is 0 Å². The van der Waals surface area contributed by atoms with Crippen molar-refractivity contribution in [2.24, 2.45) is 5.92 Å². The summed E-state index contributed by atoms with van der Waals surface area (Å²) in [7, 11) is 0. The molecule has 2 aromatic carbocycles. The van der Waals surface area contributed by atoms with E-state index in [2.05, 4.69) is 64.7 Å². The van der Waals surface area contributed by atoms with Gasteiger partial charge in [0.15, 0.2) is 0 Å². The third-order valence-electron chi connectivity index (χ3n) is 6.42. The number of nitrogens with one attached hydrogen (secondary N) is 2. The molecule has 1 fully saturated rings. The first kappa shape index (κ1) is 19.3. The normalized spacial score (nSPS) is 17.9. The third-order valence-corrected chi connectivity index (χ3v) is 6.66. The van der Waals surface area contributed by atoms with Crippen LogP contribution in [0, 0.1) is 5.92 Å². The van der Waals surface area contributed by atoms with Crippen molar-refractivity contribution in [3.8, 4) is 22.3 Å². The molecule has 0 amide bonds. The van der Waals surface area contributed by atoms with Crippen LogP contribution in [0.3, 0.4) is 0 Å². The molecule has 2 unspecified atom stereocenters. The molecule has 1 aliphatic heterocycles. The number of H-pyrrole nitrogens is 1. The zero-order chi connectivity index (χ0) is 20.5. The van der Waals surface area contributed by atoms with Gasteiger partial charge in [-0.3, -0.25) is 4.98 Å². The van der Waals surface area contributed by atoms with Gasteiger partial charge in [0.05, 0.1) is 0 Å². The van der Waals surface area contributed by atoms with Gasteiger partial charge >= 0.3 is 0 Å². The Morgan fingerprint density at radius 2 is 1.83 bits per heavy atom. The number of aromatic nitrogens is 2. The number of fused-ring (bicyclic) bond motifs is 1. The molecule has 30 heavy (non-hydrogen) atoms. The van der Waals surface area contributed by atoms with Gasteiger partial charge in [0.1, 0.15) is 0 Å². The van der Waals surface area contributed by atoms with E-state index >= 15 is 0 Å². The van der Waals surface area contributed by atoms with Gasteiger partial charge in [-0.1, -0.05) is 48.9 Å². The second-order valence-electron chi connectivity index (χ2n) is 8.33. The van der Waals surface area contributed by atoms with E-state index in [1.165, 1.54) is 35.0 Å². The van der Waals surface area contributed by atoms with E-state index in [1.54, 1.807) is 0 Å². The lowest BCUT2D eigenvalue weighted by Gasteiger charge is -2.28. The molecule has 0 radical (unpaired) electrons. The highest BCUT2D eigenvalue weighted by Gasteiger charge is 2.26. The van der Waals surface area contributed by atoms with Crippen LogP contribution in [-0.2, 0) is 0 Å². The predicted octanol–water partition coefficient (Wildman–Crippen LogP) is 6.65. The molecule has 0 aliphatic carbocycles. The zero-order valence-electron chi connectivity index (χ0n) is 17.2. The summed E-state index contributed by atoms with van der Waals surface area (Å²) in [6, 6.07) is 18.8. The second kappa shape index (κ2) is 8.25. The maximum Gasteiger partial charge on any atom is 0.0463 e. The summed E-state index contributed by atoms with van der Waals surface area (Å²) in [4.78, 5) is 8.33. The number of hydrogen-bond donors (Lipinski definition) is 2. The Morgan fingerprint density at radius 3 is 2.63 bits per heavy atom. The minimum absolute atomic E-state index is 0.416. The lowest BCUT2D eigenvalue weighted by atomic mass is 9.83. The van der Waals surface area contributed by atoms with Crippen LogP contribution in [-0.4, -0.2) is 23.1 Å². The van der Waals surface area contributed by atoms with Crippen molar-refractivity contribution < 1.29 is 0 Å². The molecule has 4 heteroatoms. The summed E-state index contributed by atoms with van der Waals surface area (Å²) >= 11 is 6.40. The highest BCUT2D eigenvalue weighted by molar-refractivity contribution is 6.31. The molecule has 0 bridgehead atoms. The molecule has 3 heterocycles. The molecule has 4 aromatic rings. The molecule has 2 atom stereocenters. The van der Waals surface area contributed by atoms with Crippen molar-refractivity contribution in [1.29, 1.82) is 0 Å². The Kier molecular flexibility index (Phi) is 5.32. The van der Waals surface area contributed by atoms with Crippen LogP contribution in [0.5, 0.6) is 0 Å². The highest BCUT2D eigenvalue weighted by atomic mass is 35.5. The summed E-state index contributed by atoms with van der Waals surface area (Å²) in [6.07, 6.45) is 6.41. The molecule has 5 rings (SSSR count). The first-order chi connectivity index (χ1) is 14.7. The smallest absolute Gasteiger partial charge is 0.0463 e. The zero-order valence-corrected chi connectivity index (χ0v) is 17.9. The number of benzene rings is 2. The van der Waals surface area contributed by atoms with Crippen molar-refractivity contribution in [3.63, 3.8) is 0 Å². The SMILES string of the molecule is CC(c1[nH]c2ccc(Cl)cc2c1-c1cncc(-c2ccccc2)c1)C1CCCNC1. The molecular formula is C26H26ClN3. The van der Waals surface area contributed by atoms with Crippen LogP contribution in [0.25, 0.3) is 33.2 Å². The summed E-state index contributed by atoms with van der Waals surface area (Å²) in [5, 5.41) is 5.50. The Morgan fingerprint density at radius 1 is 1.00 bits per heavy atom. The van der Waals surface area contributed by atoms with Crippen molar-refractivity contribution in [1.82, 2.24) is 15.3 Å². The van der Waals surface area contributed by atoms with E-state index in [0.29, 0.717) is 11.8 Å². The number of rotatable bonds is 4. The fourth-order valence-corrected chi connectivity index (χ4v) is 4.92. The van der Waals surface area contributed by atoms with E-state index in [1.807, 2.05) is 24.5 Å². The minimum atomic E-state index is 0.416. The van der Waals surface area contributed by atoms with Crippen LogP contribution >= 0.6 is 11.6 Å². The lowest BCUT2D eigenvalue weighted by molar-refractivity contribution is 0.332. The maximum atomic E-state index is 6.40. The van der Waals surface area contributed by atoms with Gasteiger partial charge in [0.2, 0.25) is 0 Å². The molecule has 1 saturated heterocycles. The van der Waals surface area contributed by atoms with Gasteiger partial charge in [-0.2, -0.15) is 0 Å². The van der Waals surface area contributed by atoms with E-state index in [4.69, 9.17) is 11.6 Å². The molecular weight excluding hydrogens is 390 g/mol. The largest absolute Gasteiger partial charge is 0.358 e. The Bertz CT molecular complexity index is 1160.